The van der Waals surface area contributed by atoms with Gasteiger partial charge < -0.3 is 9.64 Å². The Morgan fingerprint density at radius 2 is 2.30 bits per heavy atom. The van der Waals surface area contributed by atoms with Gasteiger partial charge in [0.15, 0.2) is 0 Å². The van der Waals surface area contributed by atoms with Crippen molar-refractivity contribution in [2.75, 3.05) is 18.8 Å². The molecule has 2 aliphatic heterocycles. The van der Waals surface area contributed by atoms with Gasteiger partial charge in [-0.05, 0) is 30.0 Å². The Kier molecular flexibility index (Phi) is 4.13. The molecule has 120 valence electrons. The summed E-state index contributed by atoms with van der Waals surface area (Å²) < 4.78 is 6.21. The van der Waals surface area contributed by atoms with Gasteiger partial charge in [-0.15, -0.1) is 11.8 Å². The molecular formula is C17H18N2O2S2. The second-order valence-electron chi connectivity index (χ2n) is 6.13. The maximum atomic E-state index is 12.3. The van der Waals surface area contributed by atoms with E-state index < -0.39 is 0 Å². The highest BCUT2D eigenvalue weighted by Gasteiger charge is 2.51. The van der Waals surface area contributed by atoms with Crippen molar-refractivity contribution in [1.29, 1.82) is 0 Å². The standard InChI is InChI=1S/C17H18N2O2S2/c20-16(13-4-6-22-9-13)19-11-17(12-19)7-15(10-23-17)21-8-14-3-1-2-5-18-14/h1-6,9,15H,7-8,10-12H2. The molecular weight excluding hydrogens is 328 g/mol. The molecule has 2 aromatic heterocycles. The quantitative estimate of drug-likeness (QED) is 0.853. The number of likely N-dealkylation sites (tertiary alicyclic amines) is 1. The molecule has 1 atom stereocenters. The average Bonchev–Trinajstić information content (AvgIpc) is 3.22. The van der Waals surface area contributed by atoms with E-state index in [0.717, 1.165) is 36.5 Å². The SMILES string of the molecule is O=C(c1ccsc1)N1CC2(CC(OCc3ccccn3)CS2)C1. The predicted molar refractivity (Wildman–Crippen MR) is 92.8 cm³/mol. The first-order chi connectivity index (χ1) is 11.2. The highest BCUT2D eigenvalue weighted by Crippen LogP contribution is 2.46. The van der Waals surface area contributed by atoms with Crippen molar-refractivity contribution in [2.24, 2.45) is 0 Å². The highest BCUT2D eigenvalue weighted by atomic mass is 32.2. The highest BCUT2D eigenvalue weighted by molar-refractivity contribution is 8.01. The normalized spacial score (nSPS) is 22.3. The lowest BCUT2D eigenvalue weighted by Crippen LogP contribution is -2.60. The molecule has 6 heteroatoms. The third-order valence-corrected chi connectivity index (χ3v) is 6.64. The molecule has 2 aromatic rings. The zero-order valence-corrected chi connectivity index (χ0v) is 14.3. The van der Waals surface area contributed by atoms with E-state index in [1.807, 2.05) is 51.7 Å². The fourth-order valence-corrected chi connectivity index (χ4v) is 5.36. The van der Waals surface area contributed by atoms with E-state index in [1.165, 1.54) is 0 Å². The Hall–Kier alpha value is -1.37. The molecule has 0 aromatic carbocycles. The van der Waals surface area contributed by atoms with Crippen molar-refractivity contribution in [3.8, 4) is 0 Å². The Balaban J connectivity index is 1.27. The molecule has 2 aliphatic rings. The summed E-state index contributed by atoms with van der Waals surface area (Å²) in [6, 6.07) is 7.79. The number of carbonyl (C=O) groups is 1. The number of amides is 1. The molecule has 23 heavy (non-hydrogen) atoms. The Morgan fingerprint density at radius 3 is 3.04 bits per heavy atom. The number of hydrogen-bond donors (Lipinski definition) is 0. The van der Waals surface area contributed by atoms with Gasteiger partial charge in [0.2, 0.25) is 0 Å². The zero-order valence-electron chi connectivity index (χ0n) is 12.7. The first-order valence-corrected chi connectivity index (χ1v) is 9.64. The van der Waals surface area contributed by atoms with E-state index in [-0.39, 0.29) is 16.8 Å². The monoisotopic (exact) mass is 346 g/mol. The number of rotatable bonds is 4. The van der Waals surface area contributed by atoms with Gasteiger partial charge >= 0.3 is 0 Å². The van der Waals surface area contributed by atoms with Crippen LogP contribution in [0.4, 0.5) is 0 Å². The van der Waals surface area contributed by atoms with Crippen LogP contribution in [0.15, 0.2) is 41.2 Å². The van der Waals surface area contributed by atoms with E-state index in [4.69, 9.17) is 4.74 Å². The molecule has 0 aliphatic carbocycles. The summed E-state index contributed by atoms with van der Waals surface area (Å²) >= 11 is 3.53. The van der Waals surface area contributed by atoms with Gasteiger partial charge in [-0.3, -0.25) is 9.78 Å². The molecule has 0 N–H and O–H groups in total. The fourth-order valence-electron chi connectivity index (χ4n) is 3.18. The largest absolute Gasteiger partial charge is 0.371 e. The molecule has 0 bridgehead atoms. The number of ether oxygens (including phenoxy) is 1. The number of pyridine rings is 1. The Labute approximate surface area is 143 Å². The van der Waals surface area contributed by atoms with Crippen LogP contribution in [0.3, 0.4) is 0 Å². The van der Waals surface area contributed by atoms with Crippen LogP contribution in [0.25, 0.3) is 0 Å². The van der Waals surface area contributed by atoms with Crippen LogP contribution < -0.4 is 0 Å². The molecule has 2 saturated heterocycles. The number of hydrogen-bond acceptors (Lipinski definition) is 5. The van der Waals surface area contributed by atoms with Crippen LogP contribution in [-0.2, 0) is 11.3 Å². The van der Waals surface area contributed by atoms with Crippen molar-refractivity contribution < 1.29 is 9.53 Å². The number of nitrogens with zero attached hydrogens (tertiary/aromatic N) is 2. The molecule has 4 rings (SSSR count). The number of thioether (sulfide) groups is 1. The number of aromatic nitrogens is 1. The summed E-state index contributed by atoms with van der Waals surface area (Å²) in [6.07, 6.45) is 3.09. The first-order valence-electron chi connectivity index (χ1n) is 7.71. The van der Waals surface area contributed by atoms with Crippen molar-refractivity contribution in [3.05, 3.63) is 52.5 Å². The van der Waals surface area contributed by atoms with Crippen LogP contribution in [0, 0.1) is 0 Å². The van der Waals surface area contributed by atoms with Crippen LogP contribution in [0.1, 0.15) is 22.5 Å². The molecule has 4 heterocycles. The molecule has 0 radical (unpaired) electrons. The lowest BCUT2D eigenvalue weighted by Gasteiger charge is -2.47. The van der Waals surface area contributed by atoms with E-state index in [1.54, 1.807) is 17.5 Å². The molecule has 1 spiro atoms. The maximum Gasteiger partial charge on any atom is 0.254 e. The van der Waals surface area contributed by atoms with E-state index >= 15 is 0 Å². The first kappa shape index (κ1) is 15.2. The Bertz CT molecular complexity index is 669. The Morgan fingerprint density at radius 1 is 1.39 bits per heavy atom. The molecule has 4 nitrogen and oxygen atoms in total. The molecule has 2 fully saturated rings. The third-order valence-electron chi connectivity index (χ3n) is 4.38. The van der Waals surface area contributed by atoms with Gasteiger partial charge in [-0.2, -0.15) is 11.3 Å². The smallest absolute Gasteiger partial charge is 0.254 e. The minimum atomic E-state index is 0.162. The summed E-state index contributed by atoms with van der Waals surface area (Å²) in [5, 5.41) is 3.88. The van der Waals surface area contributed by atoms with E-state index in [2.05, 4.69) is 4.98 Å². The summed E-state index contributed by atoms with van der Waals surface area (Å²) in [4.78, 5) is 18.5. The lowest BCUT2D eigenvalue weighted by molar-refractivity contribution is 0.0245. The van der Waals surface area contributed by atoms with Crippen molar-refractivity contribution >= 4 is 29.0 Å². The van der Waals surface area contributed by atoms with Crippen molar-refractivity contribution in [2.45, 2.75) is 23.9 Å². The van der Waals surface area contributed by atoms with Gasteiger partial charge in [-0.25, -0.2) is 0 Å². The van der Waals surface area contributed by atoms with Gasteiger partial charge in [-0.1, -0.05) is 6.07 Å². The predicted octanol–water partition coefficient (Wildman–Crippen LogP) is 3.06. The minimum absolute atomic E-state index is 0.162. The van der Waals surface area contributed by atoms with E-state index in [0.29, 0.717) is 6.61 Å². The van der Waals surface area contributed by atoms with Gasteiger partial charge in [0, 0.05) is 30.4 Å². The molecule has 0 saturated carbocycles. The summed E-state index contributed by atoms with van der Waals surface area (Å²) in [6.45, 7) is 2.26. The molecule has 1 amide bonds. The number of carbonyl (C=O) groups excluding carboxylic acids is 1. The summed E-state index contributed by atoms with van der Waals surface area (Å²) in [7, 11) is 0. The summed E-state index contributed by atoms with van der Waals surface area (Å²) in [5.74, 6) is 1.17. The molecule has 1 unspecified atom stereocenters. The van der Waals surface area contributed by atoms with Crippen LogP contribution >= 0.6 is 23.1 Å². The second-order valence-corrected chi connectivity index (χ2v) is 8.39. The zero-order chi connectivity index (χ0) is 15.7. The van der Waals surface area contributed by atoms with Crippen LogP contribution in [0.2, 0.25) is 0 Å². The second kappa shape index (κ2) is 6.26. The van der Waals surface area contributed by atoms with Crippen LogP contribution in [-0.4, -0.2) is 45.5 Å². The number of thiophene rings is 1. The van der Waals surface area contributed by atoms with E-state index in [9.17, 15) is 4.79 Å². The van der Waals surface area contributed by atoms with Crippen molar-refractivity contribution in [3.63, 3.8) is 0 Å². The van der Waals surface area contributed by atoms with Gasteiger partial charge in [0.25, 0.3) is 5.91 Å². The minimum Gasteiger partial charge on any atom is -0.371 e. The van der Waals surface area contributed by atoms with Crippen LogP contribution in [0.5, 0.6) is 0 Å². The van der Waals surface area contributed by atoms with Gasteiger partial charge in [0.05, 0.1) is 28.7 Å². The topological polar surface area (TPSA) is 42.4 Å². The fraction of sp³-hybridized carbons (Fsp3) is 0.412. The third kappa shape index (κ3) is 3.16. The van der Waals surface area contributed by atoms with Gasteiger partial charge in [0.1, 0.15) is 0 Å². The maximum absolute atomic E-state index is 12.3. The summed E-state index contributed by atoms with van der Waals surface area (Å²) in [5.41, 5.74) is 1.79. The average molecular weight is 346 g/mol. The van der Waals surface area contributed by atoms with Crippen molar-refractivity contribution in [1.82, 2.24) is 9.88 Å². The lowest BCUT2D eigenvalue weighted by atomic mass is 9.92.